The lowest BCUT2D eigenvalue weighted by atomic mass is 9.42. The monoisotopic (exact) mass is 938 g/mol. The molecule has 15 atom stereocenters. The average Bonchev–Trinajstić information content (AvgIpc) is 3.42. The van der Waals surface area contributed by atoms with E-state index in [-0.39, 0.29) is 0 Å². The molecule has 7 nitrogen and oxygen atoms in total. The van der Waals surface area contributed by atoms with Crippen molar-refractivity contribution in [3.05, 3.63) is 0 Å². The van der Waals surface area contributed by atoms with Crippen molar-refractivity contribution in [2.75, 3.05) is 26.2 Å². The SMILES string of the molecule is C1CCC(C(C2CCCCN2)C2CC(N(C3CCCCC3)C3CCCCN3)C3CCC4C5C(CCC2C35)C(N(C2CCCCC2)C2CCCCN2)CC4N(C2CCCCC2)C2CCCCN2)CC1. The zero-order valence-electron chi connectivity index (χ0n) is 44.0. The van der Waals surface area contributed by atoms with Crippen LogP contribution in [-0.4, -0.2) is 102 Å². The van der Waals surface area contributed by atoms with Gasteiger partial charge in [-0.15, -0.1) is 0 Å². The van der Waals surface area contributed by atoms with E-state index in [0.29, 0.717) is 18.5 Å². The minimum atomic E-state index is 0.612. The second kappa shape index (κ2) is 23.1. The lowest BCUT2D eigenvalue weighted by Gasteiger charge is -2.69. The number of piperidine rings is 4. The third kappa shape index (κ3) is 10.0. The van der Waals surface area contributed by atoms with Crippen LogP contribution in [0.15, 0.2) is 0 Å². The van der Waals surface area contributed by atoms with Crippen LogP contribution in [0, 0.1) is 53.3 Å². The van der Waals surface area contributed by atoms with Crippen molar-refractivity contribution < 1.29 is 0 Å². The summed E-state index contributed by atoms with van der Waals surface area (Å²) < 4.78 is 0. The van der Waals surface area contributed by atoms with Gasteiger partial charge in [0.1, 0.15) is 0 Å². The molecule has 8 aliphatic carbocycles. The molecule has 0 spiro atoms. The van der Waals surface area contributed by atoms with Gasteiger partial charge in [0.15, 0.2) is 0 Å². The fourth-order valence-electron chi connectivity index (χ4n) is 21.2. The van der Waals surface area contributed by atoms with Crippen LogP contribution < -0.4 is 21.3 Å². The molecule has 68 heavy (non-hydrogen) atoms. The molecule has 12 rings (SSSR count). The van der Waals surface area contributed by atoms with E-state index in [1.807, 2.05) is 0 Å². The summed E-state index contributed by atoms with van der Waals surface area (Å²) in [6.45, 7) is 5.05. The fourth-order valence-corrected chi connectivity index (χ4v) is 21.2. The molecule has 12 aliphatic rings. The largest absolute Gasteiger partial charge is 0.314 e. The fraction of sp³-hybridized carbons (Fsp3) is 1.00. The highest BCUT2D eigenvalue weighted by Crippen LogP contribution is 2.66. The minimum Gasteiger partial charge on any atom is -0.314 e. The van der Waals surface area contributed by atoms with Crippen molar-refractivity contribution in [1.82, 2.24) is 36.0 Å². The minimum absolute atomic E-state index is 0.612. The first-order valence-corrected chi connectivity index (χ1v) is 32.1. The highest BCUT2D eigenvalue weighted by molar-refractivity contribution is 5.16. The molecule has 15 unspecified atom stereocenters. The Morgan fingerprint density at radius 1 is 0.294 bits per heavy atom. The summed E-state index contributed by atoms with van der Waals surface area (Å²) in [6, 6.07) is 5.49. The molecule has 0 aromatic heterocycles. The van der Waals surface area contributed by atoms with Crippen molar-refractivity contribution in [1.29, 1.82) is 0 Å². The quantitative estimate of drug-likeness (QED) is 0.156. The Labute approximate surface area is 418 Å². The van der Waals surface area contributed by atoms with E-state index in [2.05, 4.69) is 36.0 Å². The standard InChI is InChI=1S/C61H107N7/c1-5-21-43(22-6-1)59(52-29-13-17-37-62-52)51-41-53(66(44-23-7-2-8-24-44)56-30-14-18-38-63-56)48-35-36-50-55(68(46-27-11-4-12-28-46)58-32-16-20-40-65-58)42-54(49-34-33-47(51)60(48)61(49)50)67(45-25-9-3-10-26-45)57-31-15-19-39-64-57/h43-65H,1-42H2. The molecule has 386 valence electrons. The van der Waals surface area contributed by atoms with E-state index in [4.69, 9.17) is 0 Å². The van der Waals surface area contributed by atoms with Crippen molar-refractivity contribution >= 4 is 0 Å². The zero-order valence-corrected chi connectivity index (χ0v) is 44.0. The predicted octanol–water partition coefficient (Wildman–Crippen LogP) is 12.3. The highest BCUT2D eigenvalue weighted by atomic mass is 15.4. The highest BCUT2D eigenvalue weighted by Gasteiger charge is 2.64. The number of rotatable bonds is 12. The Hall–Kier alpha value is -0.280. The van der Waals surface area contributed by atoms with Gasteiger partial charge in [0.25, 0.3) is 0 Å². The molecule has 8 saturated carbocycles. The molecule has 7 heteroatoms. The molecule has 0 amide bonds. The number of hydrogen-bond donors (Lipinski definition) is 4. The van der Waals surface area contributed by atoms with Crippen LogP contribution in [0.3, 0.4) is 0 Å². The third-order valence-electron chi connectivity index (χ3n) is 23.7. The molecular weight excluding hydrogens is 831 g/mol. The van der Waals surface area contributed by atoms with E-state index in [0.717, 1.165) is 95.6 Å². The summed E-state index contributed by atoms with van der Waals surface area (Å²) in [5, 5.41) is 17.4. The second-order valence-corrected chi connectivity index (χ2v) is 26.9. The van der Waals surface area contributed by atoms with Gasteiger partial charge in [-0.05, 0) is 227 Å². The van der Waals surface area contributed by atoms with Gasteiger partial charge in [-0.2, -0.15) is 0 Å². The molecule has 4 aliphatic heterocycles. The number of nitrogens with one attached hydrogen (secondary N) is 4. The number of nitrogens with zero attached hydrogens (tertiary/aromatic N) is 3. The average molecular weight is 939 g/mol. The maximum Gasteiger partial charge on any atom is 0.0602 e. The summed E-state index contributed by atoms with van der Waals surface area (Å²) in [4.78, 5) is 10.2. The van der Waals surface area contributed by atoms with Crippen molar-refractivity contribution in [2.45, 2.75) is 305 Å². The summed E-state index contributed by atoms with van der Waals surface area (Å²) in [5.41, 5.74) is 0. The first kappa shape index (κ1) is 48.6. The molecule has 0 aromatic carbocycles. The number of hydrogen-bond acceptors (Lipinski definition) is 7. The Balaban J connectivity index is 0.995. The molecule has 12 fully saturated rings. The van der Waals surface area contributed by atoms with Gasteiger partial charge in [0, 0.05) is 42.3 Å². The molecule has 0 radical (unpaired) electrons. The van der Waals surface area contributed by atoms with Gasteiger partial charge in [-0.3, -0.25) is 14.7 Å². The second-order valence-electron chi connectivity index (χ2n) is 26.9. The first-order valence-electron chi connectivity index (χ1n) is 32.1. The lowest BCUT2D eigenvalue weighted by Crippen LogP contribution is -2.72. The summed E-state index contributed by atoms with van der Waals surface area (Å²) in [5.74, 6) is 8.29. The lowest BCUT2D eigenvalue weighted by molar-refractivity contribution is -0.197. The topological polar surface area (TPSA) is 57.8 Å². The van der Waals surface area contributed by atoms with Crippen LogP contribution in [-0.2, 0) is 0 Å². The van der Waals surface area contributed by atoms with E-state index in [9.17, 15) is 0 Å². The van der Waals surface area contributed by atoms with Crippen molar-refractivity contribution in [3.8, 4) is 0 Å². The van der Waals surface area contributed by atoms with Gasteiger partial charge < -0.3 is 21.3 Å². The summed E-state index contributed by atoms with van der Waals surface area (Å²) >= 11 is 0. The Kier molecular flexibility index (Phi) is 16.5. The molecule has 0 aromatic rings. The van der Waals surface area contributed by atoms with Gasteiger partial charge in [-0.25, -0.2) is 0 Å². The van der Waals surface area contributed by atoms with Gasteiger partial charge in [-0.1, -0.05) is 96.3 Å². The Morgan fingerprint density at radius 2 is 0.647 bits per heavy atom. The van der Waals surface area contributed by atoms with E-state index < -0.39 is 0 Å². The van der Waals surface area contributed by atoms with Crippen molar-refractivity contribution in [2.24, 2.45) is 53.3 Å². The summed E-state index contributed by atoms with van der Waals surface area (Å²) in [7, 11) is 0. The zero-order chi connectivity index (χ0) is 45.2. The van der Waals surface area contributed by atoms with Crippen LogP contribution >= 0.6 is 0 Å². The normalized spacial score (nSPS) is 43.6. The molecule has 4 saturated heterocycles. The predicted molar refractivity (Wildman–Crippen MR) is 282 cm³/mol. The van der Waals surface area contributed by atoms with E-state index in [1.165, 1.54) is 238 Å². The Morgan fingerprint density at radius 3 is 1.04 bits per heavy atom. The van der Waals surface area contributed by atoms with Gasteiger partial charge >= 0.3 is 0 Å². The Bertz CT molecular complexity index is 1220. The van der Waals surface area contributed by atoms with Crippen LogP contribution in [0.2, 0.25) is 0 Å². The van der Waals surface area contributed by atoms with Gasteiger partial charge in [0.2, 0.25) is 0 Å². The maximum absolute atomic E-state index is 4.41. The van der Waals surface area contributed by atoms with E-state index >= 15 is 0 Å². The molecule has 4 heterocycles. The maximum atomic E-state index is 4.41. The van der Waals surface area contributed by atoms with Crippen molar-refractivity contribution in [3.63, 3.8) is 0 Å². The van der Waals surface area contributed by atoms with Gasteiger partial charge in [0.05, 0.1) is 18.5 Å². The molecule has 4 N–H and O–H groups in total. The first-order chi connectivity index (χ1) is 33.8. The van der Waals surface area contributed by atoms with E-state index in [1.54, 1.807) is 32.1 Å². The molecular formula is C61H107N7. The molecule has 0 bridgehead atoms. The van der Waals surface area contributed by atoms with Crippen LogP contribution in [0.25, 0.3) is 0 Å². The van der Waals surface area contributed by atoms with Crippen LogP contribution in [0.1, 0.15) is 244 Å². The summed E-state index contributed by atoms with van der Waals surface area (Å²) in [6.07, 6.45) is 57.9. The van der Waals surface area contributed by atoms with Crippen LogP contribution in [0.4, 0.5) is 0 Å². The van der Waals surface area contributed by atoms with Crippen LogP contribution in [0.5, 0.6) is 0 Å². The smallest absolute Gasteiger partial charge is 0.0602 e. The third-order valence-corrected chi connectivity index (χ3v) is 23.7.